The van der Waals surface area contributed by atoms with E-state index in [0.717, 1.165) is 37.1 Å². The molecule has 0 aromatic carbocycles. The maximum Gasteiger partial charge on any atom is 0.194 e. The first-order valence-corrected chi connectivity index (χ1v) is 7.50. The van der Waals surface area contributed by atoms with Gasteiger partial charge in [-0.1, -0.05) is 13.8 Å². The minimum Gasteiger partial charge on any atom is -0.466 e. The Morgan fingerprint density at radius 2 is 2.20 bits per heavy atom. The van der Waals surface area contributed by atoms with Gasteiger partial charge < -0.3 is 14.6 Å². The standard InChI is InChI=1S/C16H27N3O/c1-6-17-15(19-8-7-16(4,5)11-19)18-10-14-9-12(2)20-13(14)3/h9H,6-8,10-11H2,1-5H3,(H,17,18). The molecule has 1 saturated heterocycles. The predicted molar refractivity (Wildman–Crippen MR) is 83.0 cm³/mol. The largest absolute Gasteiger partial charge is 0.466 e. The van der Waals surface area contributed by atoms with Crippen LogP contribution in [0.3, 0.4) is 0 Å². The predicted octanol–water partition coefficient (Wildman–Crippen LogP) is 3.09. The fourth-order valence-electron chi connectivity index (χ4n) is 2.72. The van der Waals surface area contributed by atoms with E-state index in [1.807, 2.05) is 13.8 Å². The van der Waals surface area contributed by atoms with Crippen LogP contribution in [0.1, 0.15) is 44.3 Å². The molecular formula is C16H27N3O. The molecule has 2 heterocycles. The van der Waals surface area contributed by atoms with Gasteiger partial charge in [0.05, 0.1) is 6.54 Å². The molecule has 2 rings (SSSR count). The highest BCUT2D eigenvalue weighted by molar-refractivity contribution is 5.80. The fourth-order valence-corrected chi connectivity index (χ4v) is 2.72. The third kappa shape index (κ3) is 3.56. The lowest BCUT2D eigenvalue weighted by Crippen LogP contribution is -2.40. The highest BCUT2D eigenvalue weighted by Crippen LogP contribution is 2.28. The molecule has 0 unspecified atom stereocenters. The van der Waals surface area contributed by atoms with Gasteiger partial charge in [-0.15, -0.1) is 0 Å². The highest BCUT2D eigenvalue weighted by atomic mass is 16.3. The number of aliphatic imine (C=N–C) groups is 1. The van der Waals surface area contributed by atoms with Gasteiger partial charge in [0.2, 0.25) is 0 Å². The average molecular weight is 277 g/mol. The molecule has 1 aliphatic heterocycles. The van der Waals surface area contributed by atoms with E-state index in [0.29, 0.717) is 12.0 Å². The summed E-state index contributed by atoms with van der Waals surface area (Å²) in [6.45, 7) is 14.5. The normalized spacial score (nSPS) is 18.6. The molecule has 4 heteroatoms. The second kappa shape index (κ2) is 5.90. The van der Waals surface area contributed by atoms with Crippen molar-refractivity contribution in [2.45, 2.75) is 47.6 Å². The van der Waals surface area contributed by atoms with Gasteiger partial charge >= 0.3 is 0 Å². The van der Waals surface area contributed by atoms with Crippen LogP contribution < -0.4 is 5.32 Å². The second-order valence-electron chi connectivity index (χ2n) is 6.44. The maximum absolute atomic E-state index is 5.56. The summed E-state index contributed by atoms with van der Waals surface area (Å²) in [5, 5.41) is 3.40. The summed E-state index contributed by atoms with van der Waals surface area (Å²) < 4.78 is 5.56. The van der Waals surface area contributed by atoms with Crippen molar-refractivity contribution in [2.75, 3.05) is 19.6 Å². The van der Waals surface area contributed by atoms with Gasteiger partial charge in [0.1, 0.15) is 11.5 Å². The van der Waals surface area contributed by atoms with E-state index >= 15 is 0 Å². The Morgan fingerprint density at radius 3 is 2.70 bits per heavy atom. The van der Waals surface area contributed by atoms with Crippen LogP contribution in [0, 0.1) is 19.3 Å². The molecule has 20 heavy (non-hydrogen) atoms. The van der Waals surface area contributed by atoms with E-state index in [2.05, 4.69) is 37.1 Å². The van der Waals surface area contributed by atoms with Crippen molar-refractivity contribution in [3.05, 3.63) is 23.2 Å². The Morgan fingerprint density at radius 1 is 1.45 bits per heavy atom. The van der Waals surface area contributed by atoms with E-state index < -0.39 is 0 Å². The van der Waals surface area contributed by atoms with E-state index in [-0.39, 0.29) is 0 Å². The molecule has 0 amide bonds. The fraction of sp³-hybridized carbons (Fsp3) is 0.688. The smallest absolute Gasteiger partial charge is 0.194 e. The molecule has 4 nitrogen and oxygen atoms in total. The molecule has 1 aliphatic rings. The highest BCUT2D eigenvalue weighted by Gasteiger charge is 2.30. The van der Waals surface area contributed by atoms with Gasteiger partial charge in [0, 0.05) is 25.2 Å². The summed E-state index contributed by atoms with van der Waals surface area (Å²) in [6, 6.07) is 2.08. The van der Waals surface area contributed by atoms with Gasteiger partial charge in [-0.05, 0) is 38.7 Å². The van der Waals surface area contributed by atoms with E-state index in [1.165, 1.54) is 12.0 Å². The van der Waals surface area contributed by atoms with Crippen molar-refractivity contribution in [1.29, 1.82) is 0 Å². The SMILES string of the molecule is CCNC(=NCc1cc(C)oc1C)N1CCC(C)(C)C1. The van der Waals surface area contributed by atoms with Gasteiger partial charge in [-0.3, -0.25) is 0 Å². The summed E-state index contributed by atoms with van der Waals surface area (Å²) in [5.41, 5.74) is 1.56. The quantitative estimate of drug-likeness (QED) is 0.682. The van der Waals surface area contributed by atoms with Crippen molar-refractivity contribution in [2.24, 2.45) is 10.4 Å². The third-order valence-electron chi connectivity index (χ3n) is 3.85. The molecule has 0 aliphatic carbocycles. The summed E-state index contributed by atoms with van der Waals surface area (Å²) in [5.74, 6) is 2.96. The number of likely N-dealkylation sites (tertiary alicyclic amines) is 1. The van der Waals surface area contributed by atoms with Crippen molar-refractivity contribution in [3.8, 4) is 0 Å². The lowest BCUT2D eigenvalue weighted by molar-refractivity contribution is 0.370. The molecule has 0 saturated carbocycles. The summed E-state index contributed by atoms with van der Waals surface area (Å²) in [7, 11) is 0. The van der Waals surface area contributed by atoms with Crippen LogP contribution in [0.25, 0.3) is 0 Å². The molecule has 0 bridgehead atoms. The maximum atomic E-state index is 5.56. The number of hydrogen-bond acceptors (Lipinski definition) is 2. The molecule has 1 N–H and O–H groups in total. The minimum absolute atomic E-state index is 0.387. The van der Waals surface area contributed by atoms with Gasteiger partial charge in [-0.25, -0.2) is 4.99 Å². The van der Waals surface area contributed by atoms with Crippen LogP contribution in [0.2, 0.25) is 0 Å². The van der Waals surface area contributed by atoms with Crippen LogP contribution >= 0.6 is 0 Å². The molecule has 1 fully saturated rings. The number of nitrogens with one attached hydrogen (secondary N) is 1. The first-order chi connectivity index (χ1) is 9.41. The van der Waals surface area contributed by atoms with E-state index in [1.54, 1.807) is 0 Å². The van der Waals surface area contributed by atoms with Crippen LogP contribution in [-0.4, -0.2) is 30.5 Å². The second-order valence-corrected chi connectivity index (χ2v) is 6.44. The Kier molecular flexibility index (Phi) is 4.41. The number of rotatable bonds is 3. The number of guanidine groups is 1. The van der Waals surface area contributed by atoms with E-state index in [9.17, 15) is 0 Å². The number of nitrogens with zero attached hydrogens (tertiary/aromatic N) is 2. The monoisotopic (exact) mass is 277 g/mol. The molecular weight excluding hydrogens is 250 g/mol. The zero-order valence-electron chi connectivity index (χ0n) is 13.4. The van der Waals surface area contributed by atoms with Gasteiger partial charge in [-0.2, -0.15) is 0 Å². The van der Waals surface area contributed by atoms with Crippen LogP contribution in [-0.2, 0) is 6.54 Å². The number of furan rings is 1. The molecule has 1 aromatic heterocycles. The first kappa shape index (κ1) is 14.9. The van der Waals surface area contributed by atoms with Crippen LogP contribution in [0.5, 0.6) is 0 Å². The summed E-state index contributed by atoms with van der Waals surface area (Å²) >= 11 is 0. The minimum atomic E-state index is 0.387. The summed E-state index contributed by atoms with van der Waals surface area (Å²) in [6.07, 6.45) is 1.22. The number of hydrogen-bond donors (Lipinski definition) is 1. The average Bonchev–Trinajstić information content (AvgIpc) is 2.87. The third-order valence-corrected chi connectivity index (χ3v) is 3.85. The van der Waals surface area contributed by atoms with Gasteiger partial charge in [0.25, 0.3) is 0 Å². The Bertz CT molecular complexity index is 488. The van der Waals surface area contributed by atoms with Crippen molar-refractivity contribution in [3.63, 3.8) is 0 Å². The molecule has 0 atom stereocenters. The zero-order valence-corrected chi connectivity index (χ0v) is 13.4. The molecule has 112 valence electrons. The molecule has 1 aromatic rings. The topological polar surface area (TPSA) is 40.8 Å². The zero-order chi connectivity index (χ0) is 14.8. The van der Waals surface area contributed by atoms with Crippen molar-refractivity contribution < 1.29 is 4.42 Å². The van der Waals surface area contributed by atoms with Gasteiger partial charge in [0.15, 0.2) is 5.96 Å². The Labute approximate surface area is 122 Å². The first-order valence-electron chi connectivity index (χ1n) is 7.50. The Hall–Kier alpha value is -1.45. The number of aryl methyl sites for hydroxylation is 2. The lowest BCUT2D eigenvalue weighted by atomic mass is 9.93. The van der Waals surface area contributed by atoms with Crippen LogP contribution in [0.15, 0.2) is 15.5 Å². The Balaban J connectivity index is 2.08. The van der Waals surface area contributed by atoms with Crippen molar-refractivity contribution >= 4 is 5.96 Å². The summed E-state index contributed by atoms with van der Waals surface area (Å²) in [4.78, 5) is 7.14. The van der Waals surface area contributed by atoms with E-state index in [4.69, 9.17) is 9.41 Å². The van der Waals surface area contributed by atoms with Crippen molar-refractivity contribution in [1.82, 2.24) is 10.2 Å². The van der Waals surface area contributed by atoms with Crippen LogP contribution in [0.4, 0.5) is 0 Å². The lowest BCUT2D eigenvalue weighted by Gasteiger charge is -2.23. The molecule has 0 spiro atoms. The molecule has 0 radical (unpaired) electrons.